The Kier molecular flexibility index (Phi) is 5.64. The predicted molar refractivity (Wildman–Crippen MR) is 109 cm³/mol. The van der Waals surface area contributed by atoms with Crippen LogP contribution < -0.4 is 10.1 Å². The van der Waals surface area contributed by atoms with Gasteiger partial charge in [0.2, 0.25) is 0 Å². The predicted octanol–water partition coefficient (Wildman–Crippen LogP) is 2.91. The molecule has 2 aromatic carbocycles. The first-order valence-corrected chi connectivity index (χ1v) is 9.97. The first-order chi connectivity index (χ1) is 13.7. The summed E-state index contributed by atoms with van der Waals surface area (Å²) in [6, 6.07) is 16.3. The van der Waals surface area contributed by atoms with E-state index in [1.807, 2.05) is 37.4 Å². The summed E-state index contributed by atoms with van der Waals surface area (Å²) in [6.45, 7) is 3.20. The minimum Gasteiger partial charge on any atom is -0.497 e. The highest BCUT2D eigenvalue weighted by Gasteiger charge is 2.35. The minimum atomic E-state index is -0.282. The topological polar surface area (TPSA) is 50.8 Å². The number of benzene rings is 2. The van der Waals surface area contributed by atoms with Crippen LogP contribution in [-0.2, 0) is 16.1 Å². The van der Waals surface area contributed by atoms with E-state index in [9.17, 15) is 4.79 Å². The Morgan fingerprint density at radius 2 is 2.00 bits per heavy atom. The molecule has 0 aliphatic carbocycles. The van der Waals surface area contributed by atoms with Crippen molar-refractivity contribution in [3.05, 3.63) is 65.2 Å². The van der Waals surface area contributed by atoms with E-state index in [1.165, 1.54) is 11.1 Å². The summed E-state index contributed by atoms with van der Waals surface area (Å²) in [7, 11) is 3.70. The van der Waals surface area contributed by atoms with Gasteiger partial charge in [-0.05, 0) is 48.8 Å². The molecule has 5 heteroatoms. The number of carbonyl (C=O) groups excluding carboxylic acids is 1. The molecule has 2 aliphatic heterocycles. The van der Waals surface area contributed by atoms with Gasteiger partial charge in [0.25, 0.3) is 0 Å². The second-order valence-electron chi connectivity index (χ2n) is 7.80. The Morgan fingerprint density at radius 1 is 1.18 bits per heavy atom. The highest BCUT2D eigenvalue weighted by atomic mass is 16.5. The number of nitrogens with one attached hydrogen (secondary N) is 1. The fourth-order valence-electron chi connectivity index (χ4n) is 4.37. The van der Waals surface area contributed by atoms with E-state index in [0.29, 0.717) is 6.54 Å². The average molecular weight is 380 g/mol. The zero-order valence-corrected chi connectivity index (χ0v) is 16.6. The average Bonchev–Trinajstić information content (AvgIpc) is 2.73. The maximum Gasteiger partial charge on any atom is 0.315 e. The molecule has 2 aromatic rings. The molecule has 2 aliphatic rings. The molecular formula is C23H28N2O3. The number of hydrogen-bond donors (Lipinski definition) is 1. The summed E-state index contributed by atoms with van der Waals surface area (Å²) in [4.78, 5) is 15.4. The lowest BCUT2D eigenvalue weighted by Gasteiger charge is -2.35. The van der Waals surface area contributed by atoms with Crippen LogP contribution in [-0.4, -0.2) is 50.8 Å². The van der Waals surface area contributed by atoms with E-state index in [0.717, 1.165) is 37.4 Å². The third-order valence-corrected chi connectivity index (χ3v) is 5.86. The lowest BCUT2D eigenvalue weighted by molar-refractivity contribution is -0.154. The Hall–Kier alpha value is -2.37. The maximum atomic E-state index is 13.2. The van der Waals surface area contributed by atoms with Gasteiger partial charge >= 0.3 is 5.97 Å². The number of rotatable bonds is 4. The minimum absolute atomic E-state index is 0.0996. The van der Waals surface area contributed by atoms with Crippen molar-refractivity contribution in [3.8, 4) is 5.75 Å². The molecule has 0 saturated carbocycles. The second-order valence-corrected chi connectivity index (χ2v) is 7.80. The summed E-state index contributed by atoms with van der Waals surface area (Å²) >= 11 is 0. The van der Waals surface area contributed by atoms with Crippen LogP contribution in [0.15, 0.2) is 48.5 Å². The molecule has 4 rings (SSSR count). The number of carbonyl (C=O) groups is 1. The standard InChI is InChI=1S/C23H28N2O3/c1-25-14-17-8-9-18(27-2)12-19(17)21(15-25)23(26)28-22-10-11-24-13-20(22)16-6-4-3-5-7-16/h3-9,12,20-22,24H,10-11,13-15H2,1-2H3. The van der Waals surface area contributed by atoms with E-state index >= 15 is 0 Å². The van der Waals surface area contributed by atoms with Gasteiger partial charge in [-0.2, -0.15) is 0 Å². The van der Waals surface area contributed by atoms with Crippen molar-refractivity contribution >= 4 is 5.97 Å². The number of likely N-dealkylation sites (N-methyl/N-ethyl adjacent to an activating group) is 1. The van der Waals surface area contributed by atoms with Crippen LogP contribution in [0.1, 0.15) is 34.9 Å². The van der Waals surface area contributed by atoms with Gasteiger partial charge in [0.15, 0.2) is 0 Å². The Labute approximate surface area is 166 Å². The van der Waals surface area contributed by atoms with Crippen LogP contribution in [0.4, 0.5) is 0 Å². The van der Waals surface area contributed by atoms with Crippen LogP contribution in [0.2, 0.25) is 0 Å². The van der Waals surface area contributed by atoms with Crippen molar-refractivity contribution in [3.63, 3.8) is 0 Å². The molecule has 0 bridgehead atoms. The fraction of sp³-hybridized carbons (Fsp3) is 0.435. The van der Waals surface area contributed by atoms with E-state index in [2.05, 4.69) is 28.4 Å². The first kappa shape index (κ1) is 19.0. The number of esters is 1. The molecule has 0 amide bonds. The Bertz CT molecular complexity index is 824. The van der Waals surface area contributed by atoms with Crippen molar-refractivity contribution in [2.75, 3.05) is 33.8 Å². The van der Waals surface area contributed by atoms with E-state index < -0.39 is 0 Å². The molecular weight excluding hydrogens is 352 g/mol. The molecule has 28 heavy (non-hydrogen) atoms. The highest BCUT2D eigenvalue weighted by molar-refractivity contribution is 5.80. The van der Waals surface area contributed by atoms with Gasteiger partial charge in [-0.3, -0.25) is 4.79 Å². The van der Waals surface area contributed by atoms with Crippen molar-refractivity contribution in [1.82, 2.24) is 10.2 Å². The summed E-state index contributed by atoms with van der Waals surface area (Å²) < 4.78 is 11.5. The van der Waals surface area contributed by atoms with Crippen LogP contribution in [0.3, 0.4) is 0 Å². The monoisotopic (exact) mass is 380 g/mol. The van der Waals surface area contributed by atoms with Gasteiger partial charge in [-0.15, -0.1) is 0 Å². The number of fused-ring (bicyclic) bond motifs is 1. The van der Waals surface area contributed by atoms with E-state index in [1.54, 1.807) is 7.11 Å². The SMILES string of the molecule is COc1ccc2c(c1)C(C(=O)OC1CCNCC1c1ccccc1)CN(C)C2. The lowest BCUT2D eigenvalue weighted by Crippen LogP contribution is -2.43. The Balaban J connectivity index is 1.56. The summed E-state index contributed by atoms with van der Waals surface area (Å²) in [5.74, 6) is 0.555. The molecule has 0 spiro atoms. The third-order valence-electron chi connectivity index (χ3n) is 5.86. The quantitative estimate of drug-likeness (QED) is 0.827. The van der Waals surface area contributed by atoms with E-state index in [-0.39, 0.29) is 23.9 Å². The van der Waals surface area contributed by atoms with Crippen LogP contribution in [0.5, 0.6) is 5.75 Å². The molecule has 1 fully saturated rings. The molecule has 148 valence electrons. The lowest BCUT2D eigenvalue weighted by atomic mass is 9.87. The fourth-order valence-corrected chi connectivity index (χ4v) is 4.37. The van der Waals surface area contributed by atoms with Gasteiger partial charge in [0.1, 0.15) is 11.9 Å². The molecule has 2 heterocycles. The smallest absolute Gasteiger partial charge is 0.315 e. The number of ether oxygens (including phenoxy) is 2. The third kappa shape index (κ3) is 3.91. The molecule has 3 atom stereocenters. The normalized spacial score (nSPS) is 25.0. The first-order valence-electron chi connectivity index (χ1n) is 9.97. The number of piperidine rings is 1. The molecule has 3 unspecified atom stereocenters. The number of hydrogen-bond acceptors (Lipinski definition) is 5. The largest absolute Gasteiger partial charge is 0.497 e. The summed E-state index contributed by atoms with van der Waals surface area (Å²) in [5, 5.41) is 3.44. The van der Waals surface area contributed by atoms with Crippen LogP contribution in [0, 0.1) is 0 Å². The summed E-state index contributed by atoms with van der Waals surface area (Å²) in [6.07, 6.45) is 0.733. The summed E-state index contributed by atoms with van der Waals surface area (Å²) in [5.41, 5.74) is 3.42. The molecule has 1 saturated heterocycles. The van der Waals surface area contributed by atoms with Gasteiger partial charge in [-0.1, -0.05) is 36.4 Å². The molecule has 5 nitrogen and oxygen atoms in total. The molecule has 0 radical (unpaired) electrons. The van der Waals surface area contributed by atoms with Crippen LogP contribution >= 0.6 is 0 Å². The highest BCUT2D eigenvalue weighted by Crippen LogP contribution is 2.34. The maximum absolute atomic E-state index is 13.2. The molecule has 1 N–H and O–H groups in total. The van der Waals surface area contributed by atoms with Gasteiger partial charge in [0.05, 0.1) is 13.0 Å². The van der Waals surface area contributed by atoms with Crippen molar-refractivity contribution in [2.24, 2.45) is 0 Å². The number of nitrogens with zero attached hydrogens (tertiary/aromatic N) is 1. The zero-order chi connectivity index (χ0) is 19.5. The van der Waals surface area contributed by atoms with E-state index in [4.69, 9.17) is 9.47 Å². The van der Waals surface area contributed by atoms with Gasteiger partial charge in [-0.25, -0.2) is 0 Å². The van der Waals surface area contributed by atoms with Crippen molar-refractivity contribution in [2.45, 2.75) is 30.9 Å². The van der Waals surface area contributed by atoms with Gasteiger partial charge in [0, 0.05) is 25.6 Å². The van der Waals surface area contributed by atoms with Crippen molar-refractivity contribution < 1.29 is 14.3 Å². The Morgan fingerprint density at radius 3 is 2.79 bits per heavy atom. The zero-order valence-electron chi connectivity index (χ0n) is 16.6. The van der Waals surface area contributed by atoms with Crippen molar-refractivity contribution in [1.29, 1.82) is 0 Å². The second kappa shape index (κ2) is 8.33. The van der Waals surface area contributed by atoms with Gasteiger partial charge < -0.3 is 19.7 Å². The molecule has 0 aromatic heterocycles. The van der Waals surface area contributed by atoms with Crippen LogP contribution in [0.25, 0.3) is 0 Å². The number of methoxy groups -OCH3 is 1.